The Morgan fingerprint density at radius 2 is 2.26 bits per heavy atom. The van der Waals surface area contributed by atoms with Crippen LogP contribution in [0.1, 0.15) is 43.5 Å². The van der Waals surface area contributed by atoms with Gasteiger partial charge in [-0.3, -0.25) is 4.90 Å². The third-order valence-corrected chi connectivity index (χ3v) is 4.30. The number of imidazole rings is 1. The molecule has 1 aromatic rings. The fourth-order valence-corrected chi connectivity index (χ4v) is 3.17. The van der Waals surface area contributed by atoms with E-state index in [4.69, 9.17) is 10.5 Å². The molecule has 1 saturated heterocycles. The molecular weight excluding hydrogens is 240 g/mol. The Hall–Kier alpha value is -0.910. The number of likely N-dealkylation sites (tertiary alicyclic amines) is 1. The molecule has 0 bridgehead atoms. The van der Waals surface area contributed by atoms with Crippen LogP contribution in [0.4, 0.5) is 0 Å². The lowest BCUT2D eigenvalue weighted by atomic mass is 9.94. The summed E-state index contributed by atoms with van der Waals surface area (Å²) in [5, 5.41) is 0. The summed E-state index contributed by atoms with van der Waals surface area (Å²) in [4.78, 5) is 6.82. The largest absolute Gasteiger partial charge is 0.383 e. The summed E-state index contributed by atoms with van der Waals surface area (Å²) in [7, 11) is 1.76. The number of hydrogen-bond acceptors (Lipinski definition) is 4. The van der Waals surface area contributed by atoms with E-state index in [1.54, 1.807) is 7.11 Å². The molecule has 5 heteroatoms. The Labute approximate surface area is 114 Å². The van der Waals surface area contributed by atoms with Gasteiger partial charge in [-0.15, -0.1) is 0 Å². The Bertz CT molecular complexity index is 415. The maximum absolute atomic E-state index is 6.40. The smallest absolute Gasteiger partial charge is 0.0951 e. The Kier molecular flexibility index (Phi) is 3.86. The van der Waals surface area contributed by atoms with E-state index in [0.717, 1.165) is 26.1 Å². The quantitative estimate of drug-likeness (QED) is 0.871. The lowest BCUT2D eigenvalue weighted by Crippen LogP contribution is -2.47. The first kappa shape index (κ1) is 13.1. The monoisotopic (exact) mass is 264 g/mol. The molecule has 0 radical (unpaired) electrons. The predicted molar refractivity (Wildman–Crippen MR) is 73.9 cm³/mol. The van der Waals surface area contributed by atoms with E-state index in [1.165, 1.54) is 25.0 Å². The van der Waals surface area contributed by atoms with Gasteiger partial charge in [0.15, 0.2) is 0 Å². The van der Waals surface area contributed by atoms with Crippen LogP contribution in [0.3, 0.4) is 0 Å². The molecule has 0 spiro atoms. The first-order valence-corrected chi connectivity index (χ1v) is 7.31. The Morgan fingerprint density at radius 3 is 3.00 bits per heavy atom. The van der Waals surface area contributed by atoms with Gasteiger partial charge in [0.2, 0.25) is 0 Å². The van der Waals surface area contributed by atoms with Gasteiger partial charge in [0, 0.05) is 31.9 Å². The summed E-state index contributed by atoms with van der Waals surface area (Å²) in [5.74, 6) is 0. The third kappa shape index (κ3) is 2.68. The van der Waals surface area contributed by atoms with Gasteiger partial charge in [0.05, 0.1) is 24.7 Å². The lowest BCUT2D eigenvalue weighted by Gasteiger charge is -2.40. The Balaban J connectivity index is 1.82. The summed E-state index contributed by atoms with van der Waals surface area (Å²) < 4.78 is 7.57. The molecule has 1 saturated carbocycles. The standard InChI is InChI=1S/C14H24N4O/c1-19-8-7-17-6-2-3-12(15)14(17)13-9-16-10-18(13)11-4-5-11/h9-12,14H,2-8,15H2,1H3. The van der Waals surface area contributed by atoms with Crippen molar-refractivity contribution < 1.29 is 4.74 Å². The van der Waals surface area contributed by atoms with E-state index < -0.39 is 0 Å². The molecule has 2 fully saturated rings. The van der Waals surface area contributed by atoms with E-state index in [2.05, 4.69) is 14.5 Å². The van der Waals surface area contributed by atoms with Gasteiger partial charge >= 0.3 is 0 Å². The average molecular weight is 264 g/mol. The van der Waals surface area contributed by atoms with Crippen molar-refractivity contribution in [1.82, 2.24) is 14.5 Å². The van der Waals surface area contributed by atoms with Gasteiger partial charge in [0.25, 0.3) is 0 Å². The number of nitrogens with two attached hydrogens (primary N) is 1. The summed E-state index contributed by atoms with van der Waals surface area (Å²) in [6.45, 7) is 2.82. The van der Waals surface area contributed by atoms with Crippen LogP contribution in [0.25, 0.3) is 0 Å². The van der Waals surface area contributed by atoms with E-state index in [1.807, 2.05) is 12.5 Å². The molecule has 1 aliphatic carbocycles. The highest BCUT2D eigenvalue weighted by Crippen LogP contribution is 2.39. The van der Waals surface area contributed by atoms with Crippen LogP contribution < -0.4 is 5.73 Å². The van der Waals surface area contributed by atoms with E-state index in [-0.39, 0.29) is 6.04 Å². The van der Waals surface area contributed by atoms with Crippen LogP contribution in [0, 0.1) is 0 Å². The topological polar surface area (TPSA) is 56.3 Å². The summed E-state index contributed by atoms with van der Waals surface area (Å²) in [6.07, 6.45) is 8.83. The van der Waals surface area contributed by atoms with Crippen LogP contribution in [-0.2, 0) is 4.74 Å². The molecule has 2 aliphatic rings. The van der Waals surface area contributed by atoms with Crippen molar-refractivity contribution in [1.29, 1.82) is 0 Å². The van der Waals surface area contributed by atoms with Gasteiger partial charge in [0.1, 0.15) is 0 Å². The highest BCUT2D eigenvalue weighted by Gasteiger charge is 2.35. The minimum absolute atomic E-state index is 0.208. The van der Waals surface area contributed by atoms with Gasteiger partial charge in [-0.25, -0.2) is 4.98 Å². The second kappa shape index (κ2) is 5.61. The number of piperidine rings is 1. The van der Waals surface area contributed by atoms with Crippen molar-refractivity contribution in [2.45, 2.75) is 43.8 Å². The zero-order valence-electron chi connectivity index (χ0n) is 11.7. The van der Waals surface area contributed by atoms with Crippen molar-refractivity contribution in [2.24, 2.45) is 5.73 Å². The molecule has 5 nitrogen and oxygen atoms in total. The minimum atomic E-state index is 0.208. The molecule has 19 heavy (non-hydrogen) atoms. The minimum Gasteiger partial charge on any atom is -0.383 e. The van der Waals surface area contributed by atoms with Crippen LogP contribution >= 0.6 is 0 Å². The van der Waals surface area contributed by atoms with E-state index in [0.29, 0.717) is 12.1 Å². The number of ether oxygens (including phenoxy) is 1. The van der Waals surface area contributed by atoms with Gasteiger partial charge < -0.3 is 15.0 Å². The highest BCUT2D eigenvalue weighted by molar-refractivity contribution is 5.13. The van der Waals surface area contributed by atoms with Crippen LogP contribution in [-0.4, -0.2) is 47.3 Å². The molecule has 0 amide bonds. The van der Waals surface area contributed by atoms with Crippen molar-refractivity contribution in [2.75, 3.05) is 26.8 Å². The fourth-order valence-electron chi connectivity index (χ4n) is 3.17. The summed E-state index contributed by atoms with van der Waals surface area (Å²) >= 11 is 0. The molecule has 1 aromatic heterocycles. The maximum atomic E-state index is 6.40. The fraction of sp³-hybridized carbons (Fsp3) is 0.786. The SMILES string of the molecule is COCCN1CCCC(N)C1c1cncn1C1CC1. The highest BCUT2D eigenvalue weighted by atomic mass is 16.5. The first-order chi connectivity index (χ1) is 9.31. The zero-order valence-corrected chi connectivity index (χ0v) is 11.7. The molecule has 2 atom stereocenters. The van der Waals surface area contributed by atoms with Crippen molar-refractivity contribution in [3.63, 3.8) is 0 Å². The van der Waals surface area contributed by atoms with E-state index in [9.17, 15) is 0 Å². The van der Waals surface area contributed by atoms with E-state index >= 15 is 0 Å². The maximum Gasteiger partial charge on any atom is 0.0951 e. The Morgan fingerprint density at radius 1 is 1.42 bits per heavy atom. The molecule has 0 aromatic carbocycles. The zero-order chi connectivity index (χ0) is 13.2. The molecule has 3 rings (SSSR count). The third-order valence-electron chi connectivity index (χ3n) is 4.30. The van der Waals surface area contributed by atoms with Crippen molar-refractivity contribution in [3.8, 4) is 0 Å². The predicted octanol–water partition coefficient (Wildman–Crippen LogP) is 1.33. The van der Waals surface area contributed by atoms with Gasteiger partial charge in [-0.2, -0.15) is 0 Å². The molecule has 106 valence electrons. The molecule has 1 aliphatic heterocycles. The number of nitrogens with zero attached hydrogens (tertiary/aromatic N) is 3. The molecule has 2 heterocycles. The van der Waals surface area contributed by atoms with Crippen LogP contribution in [0.2, 0.25) is 0 Å². The second-order valence-corrected chi connectivity index (χ2v) is 5.74. The lowest BCUT2D eigenvalue weighted by molar-refractivity contribution is 0.0810. The normalized spacial score (nSPS) is 28.7. The van der Waals surface area contributed by atoms with Crippen LogP contribution in [0.15, 0.2) is 12.5 Å². The van der Waals surface area contributed by atoms with Gasteiger partial charge in [-0.1, -0.05) is 0 Å². The van der Waals surface area contributed by atoms with Crippen molar-refractivity contribution >= 4 is 0 Å². The number of hydrogen-bond donors (Lipinski definition) is 1. The van der Waals surface area contributed by atoms with Gasteiger partial charge in [-0.05, 0) is 32.2 Å². The number of methoxy groups -OCH3 is 1. The molecular formula is C14H24N4O. The summed E-state index contributed by atoms with van der Waals surface area (Å²) in [5.41, 5.74) is 7.70. The molecule has 2 unspecified atom stereocenters. The first-order valence-electron chi connectivity index (χ1n) is 7.31. The number of rotatable bonds is 5. The summed E-state index contributed by atoms with van der Waals surface area (Å²) in [6, 6.07) is 1.17. The second-order valence-electron chi connectivity index (χ2n) is 5.74. The average Bonchev–Trinajstić information content (AvgIpc) is 3.15. The number of aromatic nitrogens is 2. The van der Waals surface area contributed by atoms with Crippen LogP contribution in [0.5, 0.6) is 0 Å². The van der Waals surface area contributed by atoms with Crippen molar-refractivity contribution in [3.05, 3.63) is 18.2 Å². The molecule has 2 N–H and O–H groups in total.